The highest BCUT2D eigenvalue weighted by atomic mass is 16.6. The summed E-state index contributed by atoms with van der Waals surface area (Å²) in [6.45, 7) is 9.14. The smallest absolute Gasteiger partial charge is 0.323 e. The zero-order valence-electron chi connectivity index (χ0n) is 17.8. The molecule has 1 heterocycles. The summed E-state index contributed by atoms with van der Waals surface area (Å²) in [6.07, 6.45) is 1.17. The summed E-state index contributed by atoms with van der Waals surface area (Å²) in [7, 11) is 1.37. The Balaban J connectivity index is 2.38. The molecule has 2 rings (SSSR count). The first-order valence-corrected chi connectivity index (χ1v) is 9.77. The van der Waals surface area contributed by atoms with Crippen molar-refractivity contribution in [2.24, 2.45) is 5.92 Å². The fraction of sp³-hybridized carbons (Fsp3) is 0.636. The van der Waals surface area contributed by atoms with E-state index >= 15 is 0 Å². The third kappa shape index (κ3) is 5.55. The largest absolute Gasteiger partial charge is 0.468 e. The van der Waals surface area contributed by atoms with Crippen molar-refractivity contribution in [3.8, 4) is 0 Å². The predicted molar refractivity (Wildman–Crippen MR) is 106 cm³/mol. The molecule has 156 valence electrons. The van der Waals surface area contributed by atoms with Gasteiger partial charge in [-0.15, -0.1) is 0 Å². The lowest BCUT2D eigenvalue weighted by Gasteiger charge is -2.39. The molecule has 1 fully saturated rings. The lowest BCUT2D eigenvalue weighted by atomic mass is 9.83. The molecule has 1 aliphatic heterocycles. The first kappa shape index (κ1) is 22.4. The molecule has 1 N–H and O–H groups in total. The minimum absolute atomic E-state index is 0.322. The van der Waals surface area contributed by atoms with E-state index in [1.165, 1.54) is 7.11 Å². The zero-order valence-corrected chi connectivity index (χ0v) is 17.8. The second kappa shape index (κ2) is 8.62. The monoisotopic (exact) mass is 391 g/mol. The number of aliphatic hydroxyl groups is 1. The number of benzene rings is 1. The first-order valence-electron chi connectivity index (χ1n) is 9.77. The first-order chi connectivity index (χ1) is 12.9. The Morgan fingerprint density at radius 3 is 2.25 bits per heavy atom. The Kier molecular flexibility index (Phi) is 6.88. The van der Waals surface area contributed by atoms with Crippen LogP contribution in [0.3, 0.4) is 0 Å². The highest BCUT2D eigenvalue weighted by molar-refractivity contribution is 5.78. The minimum Gasteiger partial charge on any atom is -0.468 e. The predicted octanol–water partition coefficient (Wildman–Crippen LogP) is 2.92. The summed E-state index contributed by atoms with van der Waals surface area (Å²) in [5.74, 6) is -1.56. The summed E-state index contributed by atoms with van der Waals surface area (Å²) >= 11 is 0. The molecule has 0 amide bonds. The summed E-state index contributed by atoms with van der Waals surface area (Å²) < 4.78 is 10.6. The van der Waals surface area contributed by atoms with Crippen molar-refractivity contribution in [2.75, 3.05) is 7.11 Å². The van der Waals surface area contributed by atoms with Crippen molar-refractivity contribution in [3.63, 3.8) is 0 Å². The van der Waals surface area contributed by atoms with Gasteiger partial charge in [-0.3, -0.25) is 14.5 Å². The van der Waals surface area contributed by atoms with Crippen LogP contribution in [0.1, 0.15) is 53.0 Å². The molecule has 0 bridgehead atoms. The number of methoxy groups -OCH3 is 1. The summed E-state index contributed by atoms with van der Waals surface area (Å²) in [5, 5.41) is 10.8. The normalized spacial score (nSPS) is 22.0. The Hall–Kier alpha value is -1.92. The van der Waals surface area contributed by atoms with Crippen LogP contribution in [-0.2, 0) is 25.6 Å². The second-order valence-electron chi connectivity index (χ2n) is 9.01. The molecule has 0 aliphatic carbocycles. The van der Waals surface area contributed by atoms with Crippen molar-refractivity contribution < 1.29 is 24.2 Å². The topological polar surface area (TPSA) is 76.1 Å². The van der Waals surface area contributed by atoms with Crippen LogP contribution < -0.4 is 0 Å². The molecule has 1 aromatic carbocycles. The van der Waals surface area contributed by atoms with E-state index < -0.39 is 29.1 Å². The van der Waals surface area contributed by atoms with E-state index in [0.29, 0.717) is 19.4 Å². The Morgan fingerprint density at radius 2 is 1.75 bits per heavy atom. The molecular formula is C22H33NO5. The molecule has 6 nitrogen and oxygen atoms in total. The van der Waals surface area contributed by atoms with Crippen LogP contribution >= 0.6 is 0 Å². The van der Waals surface area contributed by atoms with E-state index in [1.807, 2.05) is 35.2 Å². The number of hydrogen-bond acceptors (Lipinski definition) is 6. The van der Waals surface area contributed by atoms with Gasteiger partial charge in [0.15, 0.2) is 0 Å². The van der Waals surface area contributed by atoms with Crippen LogP contribution in [-0.4, -0.2) is 52.3 Å². The highest BCUT2D eigenvalue weighted by Gasteiger charge is 2.50. The van der Waals surface area contributed by atoms with Gasteiger partial charge in [-0.05, 0) is 53.0 Å². The number of hydrogen-bond donors (Lipinski definition) is 1. The summed E-state index contributed by atoms with van der Waals surface area (Å²) in [5.41, 5.74) is -0.931. The molecule has 1 aliphatic rings. The van der Waals surface area contributed by atoms with Gasteiger partial charge in [0.25, 0.3) is 0 Å². The van der Waals surface area contributed by atoms with Crippen LogP contribution in [0.5, 0.6) is 0 Å². The fourth-order valence-corrected chi connectivity index (χ4v) is 3.94. The number of rotatable bonds is 6. The third-order valence-electron chi connectivity index (χ3n) is 5.05. The van der Waals surface area contributed by atoms with Gasteiger partial charge >= 0.3 is 11.9 Å². The van der Waals surface area contributed by atoms with Gasteiger partial charge in [0.1, 0.15) is 17.6 Å². The zero-order chi connectivity index (χ0) is 21.1. The van der Waals surface area contributed by atoms with Crippen LogP contribution in [0.15, 0.2) is 30.3 Å². The second-order valence-corrected chi connectivity index (χ2v) is 9.01. The van der Waals surface area contributed by atoms with E-state index in [4.69, 9.17) is 9.47 Å². The Bertz CT molecular complexity index is 674. The lowest BCUT2D eigenvalue weighted by Crippen LogP contribution is -2.53. The van der Waals surface area contributed by atoms with E-state index in [-0.39, 0.29) is 12.0 Å². The van der Waals surface area contributed by atoms with Crippen LogP contribution in [0, 0.1) is 5.92 Å². The van der Waals surface area contributed by atoms with Crippen molar-refractivity contribution in [2.45, 2.75) is 77.3 Å². The minimum atomic E-state index is -1.30. The number of carbonyl (C=O) groups is 2. The molecule has 6 heteroatoms. The van der Waals surface area contributed by atoms with Crippen molar-refractivity contribution in [3.05, 3.63) is 35.9 Å². The van der Waals surface area contributed by atoms with Crippen molar-refractivity contribution in [1.29, 1.82) is 0 Å². The third-order valence-corrected chi connectivity index (χ3v) is 5.05. The highest BCUT2D eigenvalue weighted by Crippen LogP contribution is 2.37. The molecule has 0 saturated carbocycles. The molecular weight excluding hydrogens is 358 g/mol. The molecule has 0 aromatic heterocycles. The average molecular weight is 392 g/mol. The van der Waals surface area contributed by atoms with Gasteiger partial charge < -0.3 is 14.6 Å². The molecule has 0 radical (unpaired) electrons. The van der Waals surface area contributed by atoms with E-state index in [2.05, 4.69) is 0 Å². The standard InChI is InChI=1S/C22H33NO5/c1-21(2,3)28-20(25)18(22(4,5)26)16-12-13-17(19(24)27-6)23(16)14-15-10-8-7-9-11-15/h7-11,16-18,26H,12-14H2,1-6H3/t16-,17+,18?/m1/s1. The van der Waals surface area contributed by atoms with E-state index in [0.717, 1.165) is 5.56 Å². The molecule has 1 unspecified atom stereocenters. The van der Waals surface area contributed by atoms with E-state index in [9.17, 15) is 14.7 Å². The van der Waals surface area contributed by atoms with Crippen molar-refractivity contribution >= 4 is 11.9 Å². The van der Waals surface area contributed by atoms with Gasteiger partial charge in [0.2, 0.25) is 0 Å². The SMILES string of the molecule is COC(=O)[C@@H]1CC[C@H](C(C(=O)OC(C)(C)C)C(C)(C)O)N1Cc1ccccc1. The number of carbonyl (C=O) groups excluding carboxylic acids is 2. The van der Waals surface area contributed by atoms with Gasteiger partial charge in [-0.2, -0.15) is 0 Å². The van der Waals surface area contributed by atoms with Crippen molar-refractivity contribution in [1.82, 2.24) is 4.90 Å². The molecule has 28 heavy (non-hydrogen) atoms. The number of nitrogens with zero attached hydrogens (tertiary/aromatic N) is 1. The van der Waals surface area contributed by atoms with Crippen LogP contribution in [0.2, 0.25) is 0 Å². The number of esters is 2. The molecule has 0 spiro atoms. The number of ether oxygens (including phenoxy) is 2. The summed E-state index contributed by atoms with van der Waals surface area (Å²) in [4.78, 5) is 27.4. The van der Waals surface area contributed by atoms with E-state index in [1.54, 1.807) is 34.6 Å². The van der Waals surface area contributed by atoms with Gasteiger partial charge in [0, 0.05) is 12.6 Å². The summed E-state index contributed by atoms with van der Waals surface area (Å²) in [6, 6.07) is 8.99. The lowest BCUT2D eigenvalue weighted by molar-refractivity contribution is -0.174. The maximum absolute atomic E-state index is 13.0. The fourth-order valence-electron chi connectivity index (χ4n) is 3.94. The Labute approximate surface area is 167 Å². The van der Waals surface area contributed by atoms with Gasteiger partial charge in [0.05, 0.1) is 12.7 Å². The number of likely N-dealkylation sites (tertiary alicyclic amines) is 1. The quantitative estimate of drug-likeness (QED) is 0.752. The average Bonchev–Trinajstić information content (AvgIpc) is 2.95. The van der Waals surface area contributed by atoms with Gasteiger partial charge in [-0.1, -0.05) is 30.3 Å². The van der Waals surface area contributed by atoms with Crippen LogP contribution in [0.25, 0.3) is 0 Å². The van der Waals surface area contributed by atoms with Gasteiger partial charge in [-0.25, -0.2) is 0 Å². The Morgan fingerprint density at radius 1 is 1.14 bits per heavy atom. The van der Waals surface area contributed by atoms with Crippen LogP contribution in [0.4, 0.5) is 0 Å². The molecule has 3 atom stereocenters. The molecule has 1 saturated heterocycles. The maximum atomic E-state index is 13.0. The maximum Gasteiger partial charge on any atom is 0.323 e. The molecule has 1 aromatic rings.